The molecule has 2 aromatic carbocycles. The molecule has 102 valence electrons. The maximum Gasteiger partial charge on any atom is 0.365 e. The van der Waals surface area contributed by atoms with E-state index >= 15 is 0 Å². The molecule has 0 unspecified atom stereocenters. The topological polar surface area (TPSA) is 40.8 Å². The molecule has 1 N–H and O–H groups in total. The Hall–Kier alpha value is -2.81. The summed E-state index contributed by atoms with van der Waals surface area (Å²) in [5, 5.41) is 10.4. The van der Waals surface area contributed by atoms with E-state index in [9.17, 15) is 5.11 Å². The molecule has 1 aromatic heterocycles. The molecule has 0 fully saturated rings. The molecular formula is C18H13O3+. The average Bonchev–Trinajstić information content (AvgIpc) is 2.47. The van der Waals surface area contributed by atoms with Gasteiger partial charge in [0.15, 0.2) is 0 Å². The smallest absolute Gasteiger partial charge is 0.365 e. The molecule has 4 rings (SSSR count). The monoisotopic (exact) mass is 277 g/mol. The number of hydrogen-bond donors (Lipinski definition) is 1. The Balaban J connectivity index is 1.99. The van der Waals surface area contributed by atoms with Gasteiger partial charge >= 0.3 is 11.3 Å². The van der Waals surface area contributed by atoms with Crippen molar-refractivity contribution in [3.63, 3.8) is 0 Å². The van der Waals surface area contributed by atoms with E-state index in [0.29, 0.717) is 0 Å². The quantitative estimate of drug-likeness (QED) is 0.647. The standard InChI is InChI=1S/C18H12O3/c1-11-9-13-10-17(12-5-7-14(19)8-6-12)21-16-4-2-3-15(20-11)18(13)16/h2-10H,1H3/p+1. The molecule has 0 spiro atoms. The van der Waals surface area contributed by atoms with Gasteiger partial charge < -0.3 is 9.84 Å². The van der Waals surface area contributed by atoms with Crippen LogP contribution in [0.25, 0.3) is 28.4 Å². The lowest BCUT2D eigenvalue weighted by molar-refractivity contribution is 0.434. The highest BCUT2D eigenvalue weighted by molar-refractivity contribution is 5.95. The van der Waals surface area contributed by atoms with E-state index in [-0.39, 0.29) is 5.75 Å². The molecule has 1 aliphatic heterocycles. The molecule has 0 saturated heterocycles. The Bertz CT molecular complexity index is 877. The van der Waals surface area contributed by atoms with Gasteiger partial charge in [-0.15, -0.1) is 0 Å². The van der Waals surface area contributed by atoms with Crippen LogP contribution in [0.15, 0.2) is 58.7 Å². The largest absolute Gasteiger partial charge is 0.508 e. The fourth-order valence-electron chi connectivity index (χ4n) is 2.63. The highest BCUT2D eigenvalue weighted by atomic mass is 16.5. The molecule has 0 amide bonds. The average molecular weight is 277 g/mol. The Morgan fingerprint density at radius 2 is 1.86 bits per heavy atom. The van der Waals surface area contributed by atoms with Crippen LogP contribution >= 0.6 is 0 Å². The Labute approximate surface area is 121 Å². The van der Waals surface area contributed by atoms with Crippen LogP contribution in [0.4, 0.5) is 0 Å². The third kappa shape index (κ3) is 1.94. The lowest BCUT2D eigenvalue weighted by atomic mass is 10.0. The molecule has 3 aromatic rings. The molecule has 3 heteroatoms. The first-order valence-electron chi connectivity index (χ1n) is 6.76. The number of rotatable bonds is 1. The normalized spacial score (nSPS) is 12.9. The summed E-state index contributed by atoms with van der Waals surface area (Å²) >= 11 is 0. The Morgan fingerprint density at radius 3 is 2.67 bits per heavy atom. The SMILES string of the molecule is CC1=Cc2cc(-c3ccc(O)cc3)[o+]c3cccc(c23)O1. The minimum atomic E-state index is 0.243. The highest BCUT2D eigenvalue weighted by Crippen LogP contribution is 2.38. The fourth-order valence-corrected chi connectivity index (χ4v) is 2.63. The van der Waals surface area contributed by atoms with Gasteiger partial charge in [-0.3, -0.25) is 0 Å². The van der Waals surface area contributed by atoms with Crippen molar-refractivity contribution in [2.24, 2.45) is 0 Å². The van der Waals surface area contributed by atoms with Gasteiger partial charge in [0, 0.05) is 11.6 Å². The summed E-state index contributed by atoms with van der Waals surface area (Å²) < 4.78 is 11.7. The first kappa shape index (κ1) is 12.0. The number of phenolic OH excluding ortho intramolecular Hbond substituents is 1. The Morgan fingerprint density at radius 1 is 1.05 bits per heavy atom. The van der Waals surface area contributed by atoms with Crippen LogP contribution in [0.2, 0.25) is 0 Å². The maximum atomic E-state index is 9.40. The summed E-state index contributed by atoms with van der Waals surface area (Å²) in [4.78, 5) is 0. The number of benzene rings is 2. The molecule has 0 bridgehead atoms. The summed E-state index contributed by atoms with van der Waals surface area (Å²) in [6.45, 7) is 1.94. The third-order valence-corrected chi connectivity index (χ3v) is 3.56. The van der Waals surface area contributed by atoms with E-state index in [1.165, 1.54) is 0 Å². The lowest BCUT2D eigenvalue weighted by Gasteiger charge is -2.13. The van der Waals surface area contributed by atoms with Crippen molar-refractivity contribution in [3.8, 4) is 22.8 Å². The van der Waals surface area contributed by atoms with E-state index in [1.807, 2.05) is 49.4 Å². The fraction of sp³-hybridized carbons (Fsp3) is 0.0556. The van der Waals surface area contributed by atoms with Crippen molar-refractivity contribution in [2.45, 2.75) is 6.92 Å². The maximum absolute atomic E-state index is 9.40. The first-order chi connectivity index (χ1) is 10.2. The number of aromatic hydroxyl groups is 1. The van der Waals surface area contributed by atoms with Crippen molar-refractivity contribution >= 4 is 17.0 Å². The van der Waals surface area contributed by atoms with E-state index in [1.54, 1.807) is 12.1 Å². The van der Waals surface area contributed by atoms with Crippen molar-refractivity contribution in [2.75, 3.05) is 0 Å². The van der Waals surface area contributed by atoms with Crippen molar-refractivity contribution < 1.29 is 14.3 Å². The van der Waals surface area contributed by atoms with Gasteiger partial charge in [-0.05, 0) is 49.4 Å². The van der Waals surface area contributed by atoms with Crippen LogP contribution in [0.1, 0.15) is 12.5 Å². The summed E-state index contributed by atoms with van der Waals surface area (Å²) in [6.07, 6.45) is 2.01. The molecule has 0 atom stereocenters. The van der Waals surface area contributed by atoms with Gasteiger partial charge in [0.2, 0.25) is 0 Å². The summed E-state index contributed by atoms with van der Waals surface area (Å²) in [5.74, 6) is 2.69. The number of ether oxygens (including phenoxy) is 1. The molecule has 21 heavy (non-hydrogen) atoms. The van der Waals surface area contributed by atoms with Crippen molar-refractivity contribution in [3.05, 3.63) is 59.9 Å². The van der Waals surface area contributed by atoms with E-state index in [2.05, 4.69) is 0 Å². The summed E-state index contributed by atoms with van der Waals surface area (Å²) in [7, 11) is 0. The molecule has 0 aliphatic carbocycles. The molecule has 0 saturated carbocycles. The number of phenols is 1. The molecular weight excluding hydrogens is 264 g/mol. The summed E-state index contributed by atoms with van der Waals surface area (Å²) in [5.41, 5.74) is 2.80. The van der Waals surface area contributed by atoms with E-state index in [4.69, 9.17) is 9.15 Å². The predicted octanol–water partition coefficient (Wildman–Crippen LogP) is 4.84. The van der Waals surface area contributed by atoms with Gasteiger partial charge in [-0.1, -0.05) is 0 Å². The second-order valence-electron chi connectivity index (χ2n) is 5.10. The van der Waals surface area contributed by atoms with Crippen LogP contribution in [0, 0.1) is 0 Å². The third-order valence-electron chi connectivity index (χ3n) is 3.56. The molecule has 2 heterocycles. The minimum absolute atomic E-state index is 0.243. The predicted molar refractivity (Wildman–Crippen MR) is 82.0 cm³/mol. The Kier molecular flexibility index (Phi) is 2.48. The zero-order valence-electron chi connectivity index (χ0n) is 11.5. The zero-order valence-corrected chi connectivity index (χ0v) is 11.5. The van der Waals surface area contributed by atoms with Crippen LogP contribution in [-0.4, -0.2) is 5.11 Å². The molecule has 1 aliphatic rings. The van der Waals surface area contributed by atoms with Crippen molar-refractivity contribution in [1.29, 1.82) is 0 Å². The summed E-state index contributed by atoms with van der Waals surface area (Å²) in [6, 6.07) is 14.8. The van der Waals surface area contributed by atoms with Gasteiger partial charge in [-0.2, -0.15) is 0 Å². The number of allylic oxidation sites excluding steroid dienone is 1. The van der Waals surface area contributed by atoms with E-state index < -0.39 is 0 Å². The minimum Gasteiger partial charge on any atom is -0.508 e. The van der Waals surface area contributed by atoms with Gasteiger partial charge in [0.1, 0.15) is 22.6 Å². The van der Waals surface area contributed by atoms with Crippen LogP contribution in [0.3, 0.4) is 0 Å². The second kappa shape index (κ2) is 4.35. The van der Waals surface area contributed by atoms with Crippen molar-refractivity contribution in [1.82, 2.24) is 0 Å². The van der Waals surface area contributed by atoms with Gasteiger partial charge in [0.25, 0.3) is 0 Å². The van der Waals surface area contributed by atoms with E-state index in [0.717, 1.165) is 39.4 Å². The van der Waals surface area contributed by atoms with Gasteiger partial charge in [-0.25, -0.2) is 4.42 Å². The molecule has 0 radical (unpaired) electrons. The zero-order chi connectivity index (χ0) is 14.4. The first-order valence-corrected chi connectivity index (χ1v) is 6.76. The second-order valence-corrected chi connectivity index (χ2v) is 5.10. The number of hydrogen-bond acceptors (Lipinski definition) is 2. The van der Waals surface area contributed by atoms with Gasteiger partial charge in [0.05, 0.1) is 11.6 Å². The lowest BCUT2D eigenvalue weighted by Crippen LogP contribution is -1.98. The van der Waals surface area contributed by atoms with Crippen LogP contribution < -0.4 is 4.74 Å². The molecule has 3 nitrogen and oxygen atoms in total. The highest BCUT2D eigenvalue weighted by Gasteiger charge is 2.23. The van der Waals surface area contributed by atoms with Crippen LogP contribution in [-0.2, 0) is 0 Å². The van der Waals surface area contributed by atoms with Crippen LogP contribution in [0.5, 0.6) is 11.5 Å².